The van der Waals surface area contributed by atoms with Crippen LogP contribution >= 0.6 is 0 Å². The number of aliphatic carboxylic acids is 1. The van der Waals surface area contributed by atoms with E-state index in [-0.39, 0.29) is 5.76 Å². The number of carboxylic acid groups (broad SMARTS) is 1. The van der Waals surface area contributed by atoms with Crippen molar-refractivity contribution in [1.82, 2.24) is 0 Å². The van der Waals surface area contributed by atoms with Gasteiger partial charge >= 0.3 is 5.97 Å². The smallest absolute Gasteiger partial charge is 0.318 e. The van der Waals surface area contributed by atoms with Crippen molar-refractivity contribution in [2.24, 2.45) is 0 Å². The molecular formula is C10H10O3. The van der Waals surface area contributed by atoms with Crippen molar-refractivity contribution < 1.29 is 15.0 Å². The zero-order chi connectivity index (χ0) is 9.84. The normalized spacial score (nSPS) is 12.0. The van der Waals surface area contributed by atoms with Gasteiger partial charge in [0.1, 0.15) is 11.7 Å². The minimum absolute atomic E-state index is 0.348. The Morgan fingerprint density at radius 2 is 1.77 bits per heavy atom. The van der Waals surface area contributed by atoms with Crippen LogP contribution in [0.4, 0.5) is 0 Å². The van der Waals surface area contributed by atoms with E-state index < -0.39 is 11.9 Å². The van der Waals surface area contributed by atoms with Crippen LogP contribution in [0.1, 0.15) is 11.5 Å². The molecule has 0 spiro atoms. The van der Waals surface area contributed by atoms with E-state index in [0.717, 1.165) is 0 Å². The van der Waals surface area contributed by atoms with Crippen LogP contribution in [0, 0.1) is 0 Å². The molecule has 1 unspecified atom stereocenters. The lowest BCUT2D eigenvalue weighted by Gasteiger charge is -2.10. The third kappa shape index (κ3) is 2.08. The van der Waals surface area contributed by atoms with Gasteiger partial charge in [-0.25, -0.2) is 0 Å². The first-order valence-corrected chi connectivity index (χ1v) is 3.78. The summed E-state index contributed by atoms with van der Waals surface area (Å²) in [5.41, 5.74) is 0.530. The van der Waals surface area contributed by atoms with Gasteiger partial charge < -0.3 is 10.2 Å². The van der Waals surface area contributed by atoms with Crippen LogP contribution in [0.15, 0.2) is 42.7 Å². The van der Waals surface area contributed by atoms with Crippen molar-refractivity contribution in [3.8, 4) is 0 Å². The van der Waals surface area contributed by atoms with E-state index in [4.69, 9.17) is 10.2 Å². The first-order valence-electron chi connectivity index (χ1n) is 3.78. The van der Waals surface area contributed by atoms with Gasteiger partial charge in [-0.2, -0.15) is 0 Å². The molecule has 1 rings (SSSR count). The molecule has 0 fully saturated rings. The Morgan fingerprint density at radius 3 is 2.15 bits per heavy atom. The maximum atomic E-state index is 10.7. The summed E-state index contributed by atoms with van der Waals surface area (Å²) in [4.78, 5) is 10.7. The van der Waals surface area contributed by atoms with Crippen molar-refractivity contribution in [1.29, 1.82) is 0 Å². The number of hydrogen-bond donors (Lipinski definition) is 2. The highest BCUT2D eigenvalue weighted by Gasteiger charge is 2.22. The average molecular weight is 178 g/mol. The molecule has 0 saturated heterocycles. The van der Waals surface area contributed by atoms with E-state index in [1.54, 1.807) is 30.3 Å². The number of benzene rings is 1. The summed E-state index contributed by atoms with van der Waals surface area (Å²) in [6, 6.07) is 8.49. The monoisotopic (exact) mass is 178 g/mol. The lowest BCUT2D eigenvalue weighted by molar-refractivity contribution is -0.138. The molecule has 3 heteroatoms. The molecule has 0 aromatic heterocycles. The summed E-state index contributed by atoms with van der Waals surface area (Å²) in [5.74, 6) is -2.47. The Morgan fingerprint density at radius 1 is 1.23 bits per heavy atom. The van der Waals surface area contributed by atoms with Gasteiger partial charge in [0, 0.05) is 0 Å². The lowest BCUT2D eigenvalue weighted by Crippen LogP contribution is -2.13. The summed E-state index contributed by atoms with van der Waals surface area (Å²) < 4.78 is 0. The second kappa shape index (κ2) is 3.76. The molecule has 2 N–H and O–H groups in total. The van der Waals surface area contributed by atoms with Gasteiger partial charge in [0.25, 0.3) is 0 Å². The van der Waals surface area contributed by atoms with Crippen molar-refractivity contribution in [2.75, 3.05) is 0 Å². The largest absolute Gasteiger partial charge is 0.512 e. The first kappa shape index (κ1) is 9.32. The van der Waals surface area contributed by atoms with Crippen molar-refractivity contribution >= 4 is 5.97 Å². The second-order valence-corrected chi connectivity index (χ2v) is 2.67. The third-order valence-corrected chi connectivity index (χ3v) is 1.71. The third-order valence-electron chi connectivity index (χ3n) is 1.71. The number of hydrogen-bond acceptors (Lipinski definition) is 2. The fourth-order valence-electron chi connectivity index (χ4n) is 1.12. The van der Waals surface area contributed by atoms with E-state index in [0.29, 0.717) is 5.56 Å². The molecular weight excluding hydrogens is 168 g/mol. The summed E-state index contributed by atoms with van der Waals surface area (Å²) >= 11 is 0. The lowest BCUT2D eigenvalue weighted by atomic mass is 9.98. The molecule has 3 nitrogen and oxygen atoms in total. The Labute approximate surface area is 76.0 Å². The van der Waals surface area contributed by atoms with E-state index >= 15 is 0 Å². The summed E-state index contributed by atoms with van der Waals surface area (Å²) in [6.45, 7) is 3.23. The summed E-state index contributed by atoms with van der Waals surface area (Å²) in [5, 5.41) is 17.8. The first-order chi connectivity index (χ1) is 6.13. The van der Waals surface area contributed by atoms with Gasteiger partial charge in [-0.05, 0) is 5.56 Å². The second-order valence-electron chi connectivity index (χ2n) is 2.67. The number of aliphatic hydroxyl groups is 1. The maximum Gasteiger partial charge on any atom is 0.318 e. The van der Waals surface area contributed by atoms with E-state index in [1.165, 1.54) is 0 Å². The molecule has 68 valence electrons. The topological polar surface area (TPSA) is 57.5 Å². The van der Waals surface area contributed by atoms with Crippen LogP contribution in [-0.4, -0.2) is 16.2 Å². The van der Waals surface area contributed by atoms with Gasteiger partial charge in [0.15, 0.2) is 0 Å². The average Bonchev–Trinajstić information content (AvgIpc) is 2.04. The standard InChI is InChI=1S/C10H10O3/c1-7(11)9(10(12)13)8-5-3-2-4-6-8/h2-6,9,11H,1H2,(H,12,13). The van der Waals surface area contributed by atoms with Crippen LogP contribution in [0.25, 0.3) is 0 Å². The SMILES string of the molecule is C=C(O)C(C(=O)O)c1ccccc1. The number of carbonyl (C=O) groups is 1. The molecule has 0 heterocycles. The Hall–Kier alpha value is -1.77. The van der Waals surface area contributed by atoms with Gasteiger partial charge in [-0.1, -0.05) is 36.9 Å². The van der Waals surface area contributed by atoms with E-state index in [2.05, 4.69) is 6.58 Å². The highest BCUT2D eigenvalue weighted by atomic mass is 16.4. The number of carboxylic acids is 1. The van der Waals surface area contributed by atoms with Crippen molar-refractivity contribution in [3.63, 3.8) is 0 Å². The van der Waals surface area contributed by atoms with Crippen LogP contribution in [0.2, 0.25) is 0 Å². The van der Waals surface area contributed by atoms with Crippen LogP contribution < -0.4 is 0 Å². The van der Waals surface area contributed by atoms with Crippen LogP contribution in [-0.2, 0) is 4.79 Å². The quantitative estimate of drug-likeness (QED) is 0.695. The molecule has 0 aliphatic heterocycles. The molecule has 0 amide bonds. The fraction of sp³-hybridized carbons (Fsp3) is 0.100. The molecule has 0 aliphatic rings. The zero-order valence-corrected chi connectivity index (χ0v) is 6.97. The molecule has 1 atom stereocenters. The van der Waals surface area contributed by atoms with E-state index in [1.807, 2.05) is 0 Å². The molecule has 0 bridgehead atoms. The molecule has 13 heavy (non-hydrogen) atoms. The molecule has 1 aromatic rings. The molecule has 1 aromatic carbocycles. The van der Waals surface area contributed by atoms with Gasteiger partial charge in [-0.15, -0.1) is 0 Å². The van der Waals surface area contributed by atoms with Crippen molar-refractivity contribution in [2.45, 2.75) is 5.92 Å². The highest BCUT2D eigenvalue weighted by Crippen LogP contribution is 2.21. The minimum atomic E-state index is -1.10. The minimum Gasteiger partial charge on any atom is -0.512 e. The number of rotatable bonds is 3. The molecule has 0 saturated carbocycles. The maximum absolute atomic E-state index is 10.7. The Kier molecular flexibility index (Phi) is 2.69. The Balaban J connectivity index is 3.03. The predicted octanol–water partition coefficient (Wildman–Crippen LogP) is 1.93. The van der Waals surface area contributed by atoms with Gasteiger partial charge in [0.2, 0.25) is 0 Å². The highest BCUT2D eigenvalue weighted by molar-refractivity contribution is 5.79. The van der Waals surface area contributed by atoms with Gasteiger partial charge in [-0.3, -0.25) is 4.79 Å². The van der Waals surface area contributed by atoms with Crippen molar-refractivity contribution in [3.05, 3.63) is 48.2 Å². The fourth-order valence-corrected chi connectivity index (χ4v) is 1.12. The summed E-state index contributed by atoms with van der Waals surface area (Å²) in [6.07, 6.45) is 0. The Bertz CT molecular complexity index is 302. The molecule has 0 radical (unpaired) electrons. The van der Waals surface area contributed by atoms with Gasteiger partial charge in [0.05, 0.1) is 0 Å². The zero-order valence-electron chi connectivity index (χ0n) is 6.97. The summed E-state index contributed by atoms with van der Waals surface area (Å²) in [7, 11) is 0. The predicted molar refractivity (Wildman–Crippen MR) is 48.6 cm³/mol. The van der Waals surface area contributed by atoms with Crippen LogP contribution in [0.3, 0.4) is 0 Å². The molecule has 0 aliphatic carbocycles. The van der Waals surface area contributed by atoms with Crippen LogP contribution in [0.5, 0.6) is 0 Å². The number of aliphatic hydroxyl groups excluding tert-OH is 1. The van der Waals surface area contributed by atoms with E-state index in [9.17, 15) is 4.79 Å².